The normalized spacial score (nSPS) is 14.2. The van der Waals surface area contributed by atoms with E-state index in [1.54, 1.807) is 12.1 Å². The van der Waals surface area contributed by atoms with Crippen molar-refractivity contribution in [1.82, 2.24) is 0 Å². The molecule has 1 aromatic rings. The van der Waals surface area contributed by atoms with Crippen molar-refractivity contribution in [3.63, 3.8) is 0 Å². The zero-order chi connectivity index (χ0) is 15.7. The Morgan fingerprint density at radius 1 is 1.10 bits per heavy atom. The fourth-order valence-electron chi connectivity index (χ4n) is 2.23. The number of hydrogen-bond donors (Lipinski definition) is 0. The van der Waals surface area contributed by atoms with E-state index >= 15 is 0 Å². The second kappa shape index (κ2) is 9.78. The van der Waals surface area contributed by atoms with E-state index in [1.165, 1.54) is 0 Å². The Bertz CT molecular complexity index is 375. The highest BCUT2D eigenvalue weighted by molar-refractivity contribution is 5.26. The summed E-state index contributed by atoms with van der Waals surface area (Å²) in [5.41, 5.74) is 0.668. The summed E-state index contributed by atoms with van der Waals surface area (Å²) in [6.07, 6.45) is 4.01. The van der Waals surface area contributed by atoms with Gasteiger partial charge in [-0.05, 0) is 36.5 Å². The summed E-state index contributed by atoms with van der Waals surface area (Å²) in [5, 5.41) is 0. The molecule has 2 nitrogen and oxygen atoms in total. The van der Waals surface area contributed by atoms with Crippen LogP contribution >= 0.6 is 0 Å². The van der Waals surface area contributed by atoms with Gasteiger partial charge in [0.25, 0.3) is 0 Å². The molecule has 0 radical (unpaired) electrons. The first-order chi connectivity index (χ1) is 10.1. The van der Waals surface area contributed by atoms with Crippen LogP contribution < -0.4 is 4.74 Å². The Balaban J connectivity index is 2.67. The quantitative estimate of drug-likeness (QED) is 0.531. The number of alkyl halides is 1. The van der Waals surface area contributed by atoms with Crippen molar-refractivity contribution < 1.29 is 13.9 Å². The Morgan fingerprint density at radius 3 is 2.24 bits per heavy atom. The van der Waals surface area contributed by atoms with Gasteiger partial charge in [-0.2, -0.15) is 0 Å². The minimum Gasteiger partial charge on any atom is -0.465 e. The Morgan fingerprint density at radius 2 is 1.76 bits per heavy atom. The van der Waals surface area contributed by atoms with Gasteiger partial charge < -0.3 is 9.47 Å². The number of hydrogen-bond acceptors (Lipinski definition) is 2. The Kier molecular flexibility index (Phi) is 8.36. The predicted octanol–water partition coefficient (Wildman–Crippen LogP) is 5.50. The topological polar surface area (TPSA) is 18.5 Å². The summed E-state index contributed by atoms with van der Waals surface area (Å²) in [6, 6.07) is 7.13. The van der Waals surface area contributed by atoms with E-state index in [9.17, 15) is 4.39 Å². The molecule has 0 saturated heterocycles. The van der Waals surface area contributed by atoms with Crippen molar-refractivity contribution in [3.8, 4) is 5.75 Å². The molecule has 0 N–H and O–H groups in total. The molecule has 0 aromatic heterocycles. The summed E-state index contributed by atoms with van der Waals surface area (Å²) >= 11 is 0. The molecule has 0 amide bonds. The molecule has 21 heavy (non-hydrogen) atoms. The van der Waals surface area contributed by atoms with E-state index in [0.717, 1.165) is 31.4 Å². The lowest BCUT2D eigenvalue weighted by Crippen LogP contribution is -2.28. The van der Waals surface area contributed by atoms with Crippen LogP contribution in [0.3, 0.4) is 0 Å². The third-order valence-electron chi connectivity index (χ3n) is 3.42. The zero-order valence-electron chi connectivity index (χ0n) is 13.8. The van der Waals surface area contributed by atoms with Gasteiger partial charge in [0.05, 0.1) is 6.10 Å². The maximum Gasteiger partial charge on any atom is 0.200 e. The van der Waals surface area contributed by atoms with Gasteiger partial charge in [0, 0.05) is 6.42 Å². The first kappa shape index (κ1) is 18.0. The third-order valence-corrected chi connectivity index (χ3v) is 3.42. The average molecular weight is 296 g/mol. The molecule has 0 aliphatic heterocycles. The second-order valence-corrected chi connectivity index (χ2v) is 5.91. The maximum absolute atomic E-state index is 12.5. The monoisotopic (exact) mass is 296 g/mol. The first-order valence-corrected chi connectivity index (χ1v) is 8.06. The molecular formula is C18H29FO2. The molecule has 3 heteroatoms. The van der Waals surface area contributed by atoms with Crippen LogP contribution in [0.2, 0.25) is 0 Å². The summed E-state index contributed by atoms with van der Waals surface area (Å²) in [7, 11) is 0. The lowest BCUT2D eigenvalue weighted by molar-refractivity contribution is -0.130. The van der Waals surface area contributed by atoms with E-state index in [2.05, 4.69) is 27.7 Å². The summed E-state index contributed by atoms with van der Waals surface area (Å²) in [4.78, 5) is 0. The molecule has 0 bridgehead atoms. The van der Waals surface area contributed by atoms with Gasteiger partial charge in [0.2, 0.25) is 0 Å². The molecule has 0 spiro atoms. The van der Waals surface area contributed by atoms with Crippen molar-refractivity contribution in [1.29, 1.82) is 0 Å². The molecule has 0 fully saturated rings. The van der Waals surface area contributed by atoms with Gasteiger partial charge in [-0.3, -0.25) is 0 Å². The molecule has 0 aliphatic carbocycles. The van der Waals surface area contributed by atoms with Gasteiger partial charge in [0.15, 0.2) is 6.29 Å². The largest absolute Gasteiger partial charge is 0.465 e. The van der Waals surface area contributed by atoms with E-state index in [4.69, 9.17) is 9.47 Å². The molecule has 2 unspecified atom stereocenters. The van der Waals surface area contributed by atoms with Crippen molar-refractivity contribution >= 4 is 0 Å². The van der Waals surface area contributed by atoms with Gasteiger partial charge >= 0.3 is 0 Å². The van der Waals surface area contributed by atoms with Crippen molar-refractivity contribution in [2.75, 3.05) is 0 Å². The van der Waals surface area contributed by atoms with Crippen LogP contribution in [0.25, 0.3) is 0 Å². The molecular weight excluding hydrogens is 267 g/mol. The molecule has 1 rings (SSSR count). The van der Waals surface area contributed by atoms with Crippen LogP contribution in [-0.4, -0.2) is 12.4 Å². The van der Waals surface area contributed by atoms with E-state index in [1.807, 2.05) is 12.1 Å². The van der Waals surface area contributed by atoms with Gasteiger partial charge in [0.1, 0.15) is 12.4 Å². The Hall–Kier alpha value is -1.09. The SMILES string of the molecule is CCCC(CC)OC(CC(C)C)Oc1ccc(CF)cc1. The predicted molar refractivity (Wildman–Crippen MR) is 85.2 cm³/mol. The van der Waals surface area contributed by atoms with E-state index in [-0.39, 0.29) is 12.4 Å². The van der Waals surface area contributed by atoms with Gasteiger partial charge in [-0.1, -0.05) is 46.2 Å². The summed E-state index contributed by atoms with van der Waals surface area (Å²) in [6.45, 7) is 8.18. The number of rotatable bonds is 10. The highest BCUT2D eigenvalue weighted by Gasteiger charge is 2.18. The molecule has 0 heterocycles. The molecule has 2 atom stereocenters. The van der Waals surface area contributed by atoms with Crippen LogP contribution in [0.15, 0.2) is 24.3 Å². The van der Waals surface area contributed by atoms with Gasteiger partial charge in [-0.15, -0.1) is 0 Å². The van der Waals surface area contributed by atoms with Crippen LogP contribution in [0.4, 0.5) is 4.39 Å². The fourth-order valence-corrected chi connectivity index (χ4v) is 2.23. The Labute approximate surface area is 128 Å². The molecule has 0 saturated carbocycles. The number of ether oxygens (including phenoxy) is 2. The highest BCUT2D eigenvalue weighted by atomic mass is 19.1. The minimum absolute atomic E-state index is 0.238. The first-order valence-electron chi connectivity index (χ1n) is 8.06. The smallest absolute Gasteiger partial charge is 0.200 e. The lowest BCUT2D eigenvalue weighted by atomic mass is 10.1. The number of benzene rings is 1. The highest BCUT2D eigenvalue weighted by Crippen LogP contribution is 2.21. The van der Waals surface area contributed by atoms with Crippen LogP contribution in [0.5, 0.6) is 5.75 Å². The van der Waals surface area contributed by atoms with Crippen LogP contribution in [0.1, 0.15) is 58.9 Å². The molecule has 1 aromatic carbocycles. The van der Waals surface area contributed by atoms with Crippen LogP contribution in [0, 0.1) is 5.92 Å². The second-order valence-electron chi connectivity index (χ2n) is 5.91. The molecule has 0 aliphatic rings. The lowest BCUT2D eigenvalue weighted by Gasteiger charge is -2.26. The van der Waals surface area contributed by atoms with E-state index in [0.29, 0.717) is 11.5 Å². The minimum atomic E-state index is -0.444. The summed E-state index contributed by atoms with van der Waals surface area (Å²) < 4.78 is 24.6. The van der Waals surface area contributed by atoms with Gasteiger partial charge in [-0.25, -0.2) is 4.39 Å². The van der Waals surface area contributed by atoms with Crippen molar-refractivity contribution in [3.05, 3.63) is 29.8 Å². The van der Waals surface area contributed by atoms with E-state index < -0.39 is 6.67 Å². The van der Waals surface area contributed by atoms with Crippen LogP contribution in [-0.2, 0) is 11.4 Å². The summed E-state index contributed by atoms with van der Waals surface area (Å²) in [5.74, 6) is 1.24. The zero-order valence-corrected chi connectivity index (χ0v) is 13.8. The third kappa shape index (κ3) is 6.94. The standard InChI is InChI=1S/C18H29FO2/c1-5-7-16(6-2)20-18(12-14(3)4)21-17-10-8-15(13-19)9-11-17/h8-11,14,16,18H,5-7,12-13H2,1-4H3. The van der Waals surface area contributed by atoms with Crippen molar-refractivity contribution in [2.45, 2.75) is 72.4 Å². The number of halogens is 1. The fraction of sp³-hybridized carbons (Fsp3) is 0.667. The molecule has 120 valence electrons. The maximum atomic E-state index is 12.5. The average Bonchev–Trinajstić information content (AvgIpc) is 2.46. The van der Waals surface area contributed by atoms with Crippen molar-refractivity contribution in [2.24, 2.45) is 5.92 Å².